The predicted molar refractivity (Wildman–Crippen MR) is 134 cm³/mol. The van der Waals surface area contributed by atoms with Crippen molar-refractivity contribution in [2.45, 2.75) is 22.5 Å². The highest BCUT2D eigenvalue weighted by atomic mass is 32.2. The second kappa shape index (κ2) is 10.7. The van der Waals surface area contributed by atoms with Gasteiger partial charge in [-0.2, -0.15) is 0 Å². The van der Waals surface area contributed by atoms with Crippen LogP contribution in [0, 0.1) is 0 Å². The van der Waals surface area contributed by atoms with Gasteiger partial charge < -0.3 is 14.7 Å². The summed E-state index contributed by atoms with van der Waals surface area (Å²) in [7, 11) is 0. The summed E-state index contributed by atoms with van der Waals surface area (Å²) < 4.78 is 4.83. The van der Waals surface area contributed by atoms with E-state index in [1.807, 2.05) is 30.0 Å². The number of carbonyl (C=O) groups excluding carboxylic acids is 1. The summed E-state index contributed by atoms with van der Waals surface area (Å²) in [5.74, 6) is 0. The van der Waals surface area contributed by atoms with E-state index in [9.17, 15) is 9.90 Å². The van der Waals surface area contributed by atoms with Gasteiger partial charge in [0.15, 0.2) is 0 Å². The fourth-order valence-corrected chi connectivity index (χ4v) is 6.41. The van der Waals surface area contributed by atoms with Gasteiger partial charge in [0, 0.05) is 11.8 Å². The molecule has 1 saturated heterocycles. The minimum atomic E-state index is -0.463. The number of likely N-dealkylation sites (tertiary alicyclic amines) is 1. The van der Waals surface area contributed by atoms with E-state index < -0.39 is 10.8 Å². The summed E-state index contributed by atoms with van der Waals surface area (Å²) >= 11 is 1.84. The molecule has 0 saturated carbocycles. The first-order valence-electron chi connectivity index (χ1n) is 11.2. The SMILES string of the molecule is C=CCOC(=O)N1C[C@@H](SC(c2ccccc2)(c2ccccc2)c2ccccc2)C[C@H]1CO. The third-order valence-corrected chi connectivity index (χ3v) is 7.77. The van der Waals surface area contributed by atoms with Gasteiger partial charge in [0.05, 0.1) is 17.4 Å². The maximum Gasteiger partial charge on any atom is 0.410 e. The maximum absolute atomic E-state index is 12.6. The number of aliphatic hydroxyl groups excluding tert-OH is 1. The molecule has 0 radical (unpaired) electrons. The zero-order valence-corrected chi connectivity index (χ0v) is 19.4. The Morgan fingerprint density at radius 3 is 1.88 bits per heavy atom. The number of hydrogen-bond acceptors (Lipinski definition) is 4. The van der Waals surface area contributed by atoms with Crippen LogP contribution in [0.2, 0.25) is 0 Å². The van der Waals surface area contributed by atoms with E-state index in [2.05, 4.69) is 79.4 Å². The Labute approximate surface area is 199 Å². The van der Waals surface area contributed by atoms with E-state index in [0.29, 0.717) is 13.0 Å². The smallest absolute Gasteiger partial charge is 0.410 e. The number of amides is 1. The van der Waals surface area contributed by atoms with Crippen LogP contribution in [0.3, 0.4) is 0 Å². The number of ether oxygens (including phenoxy) is 1. The lowest BCUT2D eigenvalue weighted by molar-refractivity contribution is 0.0926. The van der Waals surface area contributed by atoms with Crippen LogP contribution >= 0.6 is 11.8 Å². The van der Waals surface area contributed by atoms with Gasteiger partial charge in [-0.05, 0) is 23.1 Å². The van der Waals surface area contributed by atoms with Gasteiger partial charge in [-0.3, -0.25) is 0 Å². The van der Waals surface area contributed by atoms with Gasteiger partial charge in [0.1, 0.15) is 6.61 Å². The lowest BCUT2D eigenvalue weighted by atomic mass is 9.84. The second-order valence-corrected chi connectivity index (χ2v) is 9.62. The quantitative estimate of drug-likeness (QED) is 0.359. The number of hydrogen-bond donors (Lipinski definition) is 1. The Bertz CT molecular complexity index is 946. The van der Waals surface area contributed by atoms with Crippen molar-refractivity contribution in [3.63, 3.8) is 0 Å². The molecule has 1 heterocycles. The highest BCUT2D eigenvalue weighted by Gasteiger charge is 2.44. The summed E-state index contributed by atoms with van der Waals surface area (Å²) in [6, 6.07) is 31.3. The molecule has 1 N–H and O–H groups in total. The number of carbonyl (C=O) groups is 1. The lowest BCUT2D eigenvalue weighted by Gasteiger charge is -2.37. The van der Waals surface area contributed by atoms with Crippen LogP contribution < -0.4 is 0 Å². The van der Waals surface area contributed by atoms with Gasteiger partial charge in [0.2, 0.25) is 0 Å². The van der Waals surface area contributed by atoms with Crippen LogP contribution in [0.1, 0.15) is 23.1 Å². The Hall–Kier alpha value is -3.02. The fraction of sp³-hybridized carbons (Fsp3) is 0.250. The molecule has 33 heavy (non-hydrogen) atoms. The lowest BCUT2D eigenvalue weighted by Crippen LogP contribution is -2.38. The number of nitrogens with zero attached hydrogens (tertiary/aromatic N) is 1. The average Bonchev–Trinajstić information content (AvgIpc) is 3.30. The molecule has 3 aromatic rings. The van der Waals surface area contributed by atoms with Crippen LogP contribution in [-0.4, -0.2) is 47.1 Å². The van der Waals surface area contributed by atoms with Gasteiger partial charge in [-0.25, -0.2) is 4.79 Å². The molecule has 170 valence electrons. The first-order valence-corrected chi connectivity index (χ1v) is 12.1. The maximum atomic E-state index is 12.6. The highest BCUT2D eigenvalue weighted by Crippen LogP contribution is 2.52. The molecule has 0 bridgehead atoms. The largest absolute Gasteiger partial charge is 0.445 e. The third kappa shape index (κ3) is 4.85. The van der Waals surface area contributed by atoms with Gasteiger partial charge in [-0.15, -0.1) is 11.8 Å². The summed E-state index contributed by atoms with van der Waals surface area (Å²) in [5.41, 5.74) is 3.54. The molecule has 3 aromatic carbocycles. The van der Waals surface area contributed by atoms with Gasteiger partial charge in [0.25, 0.3) is 0 Å². The van der Waals surface area contributed by atoms with Crippen molar-refractivity contribution in [2.24, 2.45) is 0 Å². The molecule has 1 fully saturated rings. The van der Waals surface area contributed by atoms with E-state index in [0.717, 1.165) is 0 Å². The van der Waals surface area contributed by atoms with Crippen molar-refractivity contribution in [2.75, 3.05) is 19.8 Å². The zero-order valence-electron chi connectivity index (χ0n) is 18.5. The third-order valence-electron chi connectivity index (χ3n) is 6.03. The van der Waals surface area contributed by atoms with Gasteiger partial charge in [-0.1, -0.05) is 104 Å². The Morgan fingerprint density at radius 1 is 0.970 bits per heavy atom. The zero-order chi connectivity index (χ0) is 23.1. The van der Waals surface area contributed by atoms with Crippen molar-refractivity contribution in [1.82, 2.24) is 4.90 Å². The van der Waals surface area contributed by atoms with Crippen molar-refractivity contribution in [3.05, 3.63) is 120 Å². The molecule has 1 aliphatic heterocycles. The Kier molecular flexibility index (Phi) is 7.53. The monoisotopic (exact) mass is 459 g/mol. The van der Waals surface area contributed by atoms with Crippen molar-refractivity contribution in [3.8, 4) is 0 Å². The van der Waals surface area contributed by atoms with E-state index in [1.54, 1.807) is 11.0 Å². The average molecular weight is 460 g/mol. The van der Waals surface area contributed by atoms with Crippen LogP contribution in [0.25, 0.3) is 0 Å². The molecule has 4 nitrogen and oxygen atoms in total. The van der Waals surface area contributed by atoms with E-state index >= 15 is 0 Å². The molecule has 0 aliphatic carbocycles. The Balaban J connectivity index is 1.76. The number of thioether (sulfide) groups is 1. The molecule has 0 unspecified atom stereocenters. The van der Waals surface area contributed by atoms with E-state index in [-0.39, 0.29) is 24.5 Å². The number of aliphatic hydroxyl groups is 1. The molecular formula is C28H29NO3S. The minimum Gasteiger partial charge on any atom is -0.445 e. The molecule has 0 aromatic heterocycles. The molecular weight excluding hydrogens is 430 g/mol. The number of benzene rings is 3. The van der Waals surface area contributed by atoms with Crippen LogP contribution in [0.15, 0.2) is 104 Å². The summed E-state index contributed by atoms with van der Waals surface area (Å²) in [5, 5.41) is 10.1. The first-order chi connectivity index (χ1) is 16.2. The topological polar surface area (TPSA) is 49.8 Å². The van der Waals surface area contributed by atoms with E-state index in [4.69, 9.17) is 4.74 Å². The fourth-order valence-electron chi connectivity index (χ4n) is 4.54. The molecule has 0 spiro atoms. The summed E-state index contributed by atoms with van der Waals surface area (Å²) in [6.07, 6.45) is 1.85. The molecule has 4 rings (SSSR count). The summed E-state index contributed by atoms with van der Waals surface area (Å²) in [6.45, 7) is 4.20. The molecule has 1 amide bonds. The predicted octanol–water partition coefficient (Wildman–Crippen LogP) is 5.47. The Morgan fingerprint density at radius 2 is 1.45 bits per heavy atom. The normalized spacial score (nSPS) is 18.2. The van der Waals surface area contributed by atoms with Crippen molar-refractivity contribution < 1.29 is 14.6 Å². The van der Waals surface area contributed by atoms with Gasteiger partial charge >= 0.3 is 6.09 Å². The minimum absolute atomic E-state index is 0.0880. The molecule has 2 atom stereocenters. The summed E-state index contributed by atoms with van der Waals surface area (Å²) in [4.78, 5) is 14.3. The molecule has 5 heteroatoms. The second-order valence-electron chi connectivity index (χ2n) is 8.11. The standard InChI is InChI=1S/C28H29NO3S/c1-2-18-32-27(31)29-20-26(19-25(29)21-30)33-28(22-12-6-3-7-13-22,23-14-8-4-9-15-23)24-16-10-5-11-17-24/h2-17,25-26,30H,1,18-21H2/t25-,26-/m0/s1. The first kappa shape index (κ1) is 23.1. The van der Waals surface area contributed by atoms with E-state index in [1.165, 1.54) is 16.7 Å². The highest BCUT2D eigenvalue weighted by molar-refractivity contribution is 8.01. The van der Waals surface area contributed by atoms with Crippen molar-refractivity contribution in [1.29, 1.82) is 0 Å². The van der Waals surface area contributed by atoms with Crippen molar-refractivity contribution >= 4 is 17.9 Å². The molecule has 1 aliphatic rings. The van der Waals surface area contributed by atoms with Crippen LogP contribution in [-0.2, 0) is 9.48 Å². The number of rotatable bonds is 8. The van der Waals surface area contributed by atoms with Crippen LogP contribution in [0.5, 0.6) is 0 Å². The van der Waals surface area contributed by atoms with Crippen LogP contribution in [0.4, 0.5) is 4.79 Å².